The van der Waals surface area contributed by atoms with E-state index in [0.717, 1.165) is 16.1 Å². The second kappa shape index (κ2) is 4.44. The van der Waals surface area contributed by atoms with Crippen LogP contribution < -0.4 is 4.87 Å². The van der Waals surface area contributed by atoms with E-state index in [2.05, 4.69) is 0 Å². The van der Waals surface area contributed by atoms with Crippen molar-refractivity contribution in [3.05, 3.63) is 55.1 Å². The number of aromatic nitrogens is 1. The monoisotopic (exact) mass is 253 g/mol. The average molecular weight is 254 g/mol. The number of hydrogen-bond acceptors (Lipinski definition) is 2. The second-order valence-corrected chi connectivity index (χ2v) is 5.32. The first-order valence-electron chi connectivity index (χ1n) is 4.99. The Morgan fingerprint density at radius 2 is 1.88 bits per heavy atom. The van der Waals surface area contributed by atoms with Gasteiger partial charge in [0.2, 0.25) is 0 Å². The average Bonchev–Trinajstić information content (AvgIpc) is 2.48. The molecule has 0 unspecified atom stereocenters. The van der Waals surface area contributed by atoms with Gasteiger partial charge in [-0.1, -0.05) is 35.1 Å². The minimum atomic E-state index is 0.102. The molecule has 0 aliphatic heterocycles. The van der Waals surface area contributed by atoms with Crippen LogP contribution in [0.5, 0.6) is 0 Å². The van der Waals surface area contributed by atoms with Crippen LogP contribution in [0.25, 0.3) is 0 Å². The summed E-state index contributed by atoms with van der Waals surface area (Å²) in [5.74, 6) is 0. The highest BCUT2D eigenvalue weighted by atomic mass is 35.5. The van der Waals surface area contributed by atoms with Crippen LogP contribution in [0.4, 0.5) is 0 Å². The standard InChI is InChI=1S/C12H12ClNOS/c1-8-9(2)16-12(15)14(8)7-10-3-5-11(13)6-4-10/h3-6H,7H2,1-2H3. The topological polar surface area (TPSA) is 22.0 Å². The lowest BCUT2D eigenvalue weighted by Gasteiger charge is -2.05. The number of nitrogens with zero attached hydrogens (tertiary/aromatic N) is 1. The summed E-state index contributed by atoms with van der Waals surface area (Å²) < 4.78 is 1.79. The molecule has 2 aromatic rings. The molecule has 1 heterocycles. The van der Waals surface area contributed by atoms with Crippen LogP contribution in [0.1, 0.15) is 16.1 Å². The lowest BCUT2D eigenvalue weighted by molar-refractivity contribution is 0.751. The highest BCUT2D eigenvalue weighted by Crippen LogP contribution is 2.14. The summed E-state index contributed by atoms with van der Waals surface area (Å²) in [7, 11) is 0. The highest BCUT2D eigenvalue weighted by Gasteiger charge is 2.07. The Hall–Kier alpha value is -1.06. The largest absolute Gasteiger partial charge is 0.307 e. The maximum absolute atomic E-state index is 11.7. The molecule has 84 valence electrons. The summed E-state index contributed by atoms with van der Waals surface area (Å²) in [6.45, 7) is 4.56. The van der Waals surface area contributed by atoms with E-state index >= 15 is 0 Å². The van der Waals surface area contributed by atoms with Crippen molar-refractivity contribution < 1.29 is 0 Å². The smallest absolute Gasteiger partial charge is 0.299 e. The van der Waals surface area contributed by atoms with Gasteiger partial charge in [-0.05, 0) is 31.5 Å². The number of thiazole rings is 1. The zero-order valence-electron chi connectivity index (χ0n) is 9.16. The second-order valence-electron chi connectivity index (χ2n) is 3.72. The van der Waals surface area contributed by atoms with Crippen molar-refractivity contribution in [2.24, 2.45) is 0 Å². The molecule has 0 radical (unpaired) electrons. The maximum atomic E-state index is 11.7. The molecule has 0 saturated carbocycles. The minimum Gasteiger partial charge on any atom is -0.299 e. The van der Waals surface area contributed by atoms with Crippen molar-refractivity contribution in [1.82, 2.24) is 4.57 Å². The van der Waals surface area contributed by atoms with Gasteiger partial charge in [0.25, 0.3) is 0 Å². The molecule has 0 N–H and O–H groups in total. The predicted octanol–water partition coefficient (Wildman–Crippen LogP) is 3.23. The van der Waals surface area contributed by atoms with Gasteiger partial charge in [0, 0.05) is 15.6 Å². The van der Waals surface area contributed by atoms with Crippen LogP contribution in [0.3, 0.4) is 0 Å². The van der Waals surface area contributed by atoms with Crippen molar-refractivity contribution in [2.75, 3.05) is 0 Å². The SMILES string of the molecule is Cc1sc(=O)n(Cc2ccc(Cl)cc2)c1C. The van der Waals surface area contributed by atoms with Gasteiger partial charge in [0.15, 0.2) is 0 Å². The van der Waals surface area contributed by atoms with Gasteiger partial charge >= 0.3 is 4.87 Å². The quantitative estimate of drug-likeness (QED) is 0.806. The molecule has 0 aliphatic rings. The van der Waals surface area contributed by atoms with E-state index in [0.29, 0.717) is 11.6 Å². The molecule has 0 fully saturated rings. The Balaban J connectivity index is 2.34. The molecule has 1 aromatic heterocycles. The molecule has 2 rings (SSSR count). The lowest BCUT2D eigenvalue weighted by Crippen LogP contribution is -2.15. The first-order chi connectivity index (χ1) is 7.58. The van der Waals surface area contributed by atoms with Crippen molar-refractivity contribution in [1.29, 1.82) is 0 Å². The van der Waals surface area contributed by atoms with Crippen LogP contribution in [-0.4, -0.2) is 4.57 Å². The van der Waals surface area contributed by atoms with Crippen LogP contribution >= 0.6 is 22.9 Å². The number of halogens is 1. The van der Waals surface area contributed by atoms with Gasteiger partial charge in [0.05, 0.1) is 6.54 Å². The summed E-state index contributed by atoms with van der Waals surface area (Å²) in [6, 6.07) is 7.58. The van der Waals surface area contributed by atoms with E-state index in [1.807, 2.05) is 38.1 Å². The van der Waals surface area contributed by atoms with E-state index in [-0.39, 0.29) is 4.87 Å². The van der Waals surface area contributed by atoms with Gasteiger partial charge in [-0.2, -0.15) is 0 Å². The van der Waals surface area contributed by atoms with E-state index < -0.39 is 0 Å². The molecule has 0 bridgehead atoms. The van der Waals surface area contributed by atoms with E-state index in [1.54, 1.807) is 4.57 Å². The van der Waals surface area contributed by atoms with Crippen molar-refractivity contribution in [3.8, 4) is 0 Å². The Labute approximate surface area is 103 Å². The fraction of sp³-hybridized carbons (Fsp3) is 0.250. The van der Waals surface area contributed by atoms with Gasteiger partial charge < -0.3 is 0 Å². The summed E-state index contributed by atoms with van der Waals surface area (Å²) >= 11 is 7.11. The molecule has 0 amide bonds. The summed E-state index contributed by atoms with van der Waals surface area (Å²) in [6.07, 6.45) is 0. The summed E-state index contributed by atoms with van der Waals surface area (Å²) in [4.78, 5) is 12.9. The number of aryl methyl sites for hydroxylation is 1. The molecule has 4 heteroatoms. The minimum absolute atomic E-state index is 0.102. The highest BCUT2D eigenvalue weighted by molar-refractivity contribution is 7.09. The van der Waals surface area contributed by atoms with Crippen molar-refractivity contribution >= 4 is 22.9 Å². The molecule has 1 aromatic carbocycles. The number of rotatable bonds is 2. The van der Waals surface area contributed by atoms with Crippen LogP contribution in [0.15, 0.2) is 29.1 Å². The Morgan fingerprint density at radius 3 is 2.38 bits per heavy atom. The molecule has 2 nitrogen and oxygen atoms in total. The molecular weight excluding hydrogens is 242 g/mol. The molecule has 0 atom stereocenters. The molecule has 0 spiro atoms. The lowest BCUT2D eigenvalue weighted by atomic mass is 10.2. The zero-order chi connectivity index (χ0) is 11.7. The zero-order valence-corrected chi connectivity index (χ0v) is 10.7. The molecule has 0 aliphatic carbocycles. The molecular formula is C12H12ClNOS. The third kappa shape index (κ3) is 2.20. The third-order valence-electron chi connectivity index (χ3n) is 2.63. The van der Waals surface area contributed by atoms with E-state index in [4.69, 9.17) is 11.6 Å². The first kappa shape index (κ1) is 11.4. The molecule has 16 heavy (non-hydrogen) atoms. The van der Waals surface area contributed by atoms with Gasteiger partial charge in [-0.25, -0.2) is 0 Å². The van der Waals surface area contributed by atoms with Gasteiger partial charge in [-0.3, -0.25) is 9.36 Å². The maximum Gasteiger partial charge on any atom is 0.307 e. The van der Waals surface area contributed by atoms with Gasteiger partial charge in [0.1, 0.15) is 0 Å². The fourth-order valence-electron chi connectivity index (χ4n) is 1.54. The Kier molecular flexibility index (Phi) is 3.17. The fourth-order valence-corrected chi connectivity index (χ4v) is 2.50. The van der Waals surface area contributed by atoms with Crippen LogP contribution in [0.2, 0.25) is 5.02 Å². The van der Waals surface area contributed by atoms with E-state index in [1.165, 1.54) is 11.3 Å². The normalized spacial score (nSPS) is 10.7. The number of benzene rings is 1. The summed E-state index contributed by atoms with van der Waals surface area (Å²) in [5, 5.41) is 0.717. The van der Waals surface area contributed by atoms with Crippen LogP contribution in [-0.2, 0) is 6.54 Å². The van der Waals surface area contributed by atoms with Crippen molar-refractivity contribution in [2.45, 2.75) is 20.4 Å². The number of hydrogen-bond donors (Lipinski definition) is 0. The van der Waals surface area contributed by atoms with E-state index in [9.17, 15) is 4.79 Å². The third-order valence-corrected chi connectivity index (χ3v) is 3.88. The molecule has 0 saturated heterocycles. The van der Waals surface area contributed by atoms with Gasteiger partial charge in [-0.15, -0.1) is 0 Å². The Bertz CT molecular complexity index is 553. The summed E-state index contributed by atoms with van der Waals surface area (Å²) in [5.41, 5.74) is 2.14. The van der Waals surface area contributed by atoms with Crippen molar-refractivity contribution in [3.63, 3.8) is 0 Å². The van der Waals surface area contributed by atoms with Crippen LogP contribution in [0, 0.1) is 13.8 Å². The first-order valence-corrected chi connectivity index (χ1v) is 6.18. The predicted molar refractivity (Wildman–Crippen MR) is 68.6 cm³/mol. The Morgan fingerprint density at radius 1 is 1.25 bits per heavy atom.